The van der Waals surface area contributed by atoms with Crippen LogP contribution in [0.4, 0.5) is 0 Å². The van der Waals surface area contributed by atoms with E-state index in [1.165, 1.54) is 7.11 Å². The van der Waals surface area contributed by atoms with E-state index in [0.29, 0.717) is 0 Å². The molecule has 0 aliphatic heterocycles. The summed E-state index contributed by atoms with van der Waals surface area (Å²) in [4.78, 5) is 0. The van der Waals surface area contributed by atoms with E-state index < -0.39 is 10.3 Å². The Hall–Kier alpha value is -0.170. The molecule has 0 atom stereocenters. The molecule has 0 aromatic rings. The Morgan fingerprint density at radius 3 is 2.56 bits per heavy atom. The van der Waals surface area contributed by atoms with E-state index in [2.05, 4.69) is 4.74 Å². The minimum atomic E-state index is -4.28. The molecule has 0 saturated carbocycles. The lowest BCUT2D eigenvalue weighted by Gasteiger charge is -2.06. The number of methoxy groups -OCH3 is 1. The van der Waals surface area contributed by atoms with Gasteiger partial charge in [0.1, 0.15) is 0 Å². The summed E-state index contributed by atoms with van der Waals surface area (Å²) in [5.74, 6) is 0. The number of rotatable bonds is 4. The summed E-state index contributed by atoms with van der Waals surface area (Å²) < 4.78 is 35.5. The summed E-state index contributed by atoms with van der Waals surface area (Å²) in [6.07, 6.45) is 0. The zero-order chi connectivity index (χ0) is 7.33. The van der Waals surface area contributed by atoms with Crippen LogP contribution in [0.15, 0.2) is 0 Å². The number of nitrogens with one attached hydrogen (secondary N) is 1. The highest BCUT2D eigenvalue weighted by atomic mass is 32.2. The third kappa shape index (κ3) is 7.83. The van der Waals surface area contributed by atoms with Gasteiger partial charge in [-0.25, -0.2) is 13.1 Å². The highest BCUT2D eigenvalue weighted by Gasteiger charge is 1.89. The monoisotopic (exact) mass is 154 g/mol. The summed E-state index contributed by atoms with van der Waals surface area (Å²) in [5, 5.41) is 0. The molecule has 0 rings (SSSR count). The molecular formula is C3H8NO4S-. The number of ether oxygens (including phenoxy) is 1. The van der Waals surface area contributed by atoms with Crippen molar-refractivity contribution in [2.75, 3.05) is 20.3 Å². The second-order valence-corrected chi connectivity index (χ2v) is 2.54. The van der Waals surface area contributed by atoms with E-state index in [1.807, 2.05) is 0 Å². The maximum Gasteiger partial charge on any atom is 0.159 e. The first-order valence-electron chi connectivity index (χ1n) is 2.25. The van der Waals surface area contributed by atoms with Crippen molar-refractivity contribution >= 4 is 10.3 Å². The average Bonchev–Trinajstić information content (AvgIpc) is 1.63. The molecule has 0 fully saturated rings. The molecule has 56 valence electrons. The fourth-order valence-corrected chi connectivity index (χ4v) is 0.602. The molecule has 1 N–H and O–H groups in total. The molecule has 0 aliphatic carbocycles. The first-order valence-corrected chi connectivity index (χ1v) is 3.66. The van der Waals surface area contributed by atoms with Gasteiger partial charge in [0.15, 0.2) is 10.3 Å². The van der Waals surface area contributed by atoms with Crippen LogP contribution in [0.3, 0.4) is 0 Å². The quantitative estimate of drug-likeness (QED) is 0.402. The summed E-state index contributed by atoms with van der Waals surface area (Å²) >= 11 is 0. The van der Waals surface area contributed by atoms with Gasteiger partial charge in [0.25, 0.3) is 0 Å². The fraction of sp³-hybridized carbons (Fsp3) is 1.00. The molecule has 0 aromatic heterocycles. The van der Waals surface area contributed by atoms with Crippen LogP contribution < -0.4 is 4.72 Å². The molecule has 6 heteroatoms. The van der Waals surface area contributed by atoms with E-state index in [4.69, 9.17) is 0 Å². The van der Waals surface area contributed by atoms with Crippen molar-refractivity contribution in [1.29, 1.82) is 0 Å². The zero-order valence-corrected chi connectivity index (χ0v) is 5.77. The summed E-state index contributed by atoms with van der Waals surface area (Å²) in [6, 6.07) is 0. The predicted molar refractivity (Wildman–Crippen MR) is 29.6 cm³/mol. The third-order valence-electron chi connectivity index (χ3n) is 0.585. The first-order chi connectivity index (χ1) is 4.06. The van der Waals surface area contributed by atoms with Crippen LogP contribution in [0.2, 0.25) is 0 Å². The van der Waals surface area contributed by atoms with Gasteiger partial charge < -0.3 is 9.29 Å². The minimum absolute atomic E-state index is 0.0301. The lowest BCUT2D eigenvalue weighted by atomic mass is 10.7. The van der Waals surface area contributed by atoms with E-state index in [-0.39, 0.29) is 13.2 Å². The molecule has 0 aliphatic rings. The van der Waals surface area contributed by atoms with Crippen molar-refractivity contribution in [3.63, 3.8) is 0 Å². The molecule has 9 heavy (non-hydrogen) atoms. The van der Waals surface area contributed by atoms with Gasteiger partial charge >= 0.3 is 0 Å². The maximum atomic E-state index is 9.78. The normalized spacial score (nSPS) is 11.8. The van der Waals surface area contributed by atoms with Crippen LogP contribution in [0.25, 0.3) is 0 Å². The van der Waals surface area contributed by atoms with Gasteiger partial charge in [0.2, 0.25) is 0 Å². The Morgan fingerprint density at radius 1 is 1.67 bits per heavy atom. The number of hydrogen-bond acceptors (Lipinski definition) is 4. The van der Waals surface area contributed by atoms with Crippen molar-refractivity contribution in [2.45, 2.75) is 0 Å². The zero-order valence-electron chi connectivity index (χ0n) is 4.96. The van der Waals surface area contributed by atoms with Crippen molar-refractivity contribution in [3.05, 3.63) is 0 Å². The van der Waals surface area contributed by atoms with E-state index in [1.54, 1.807) is 4.72 Å². The van der Waals surface area contributed by atoms with E-state index in [0.717, 1.165) is 0 Å². The molecule has 0 heterocycles. The predicted octanol–water partition coefficient (Wildman–Crippen LogP) is -1.32. The topological polar surface area (TPSA) is 78.5 Å². The highest BCUT2D eigenvalue weighted by molar-refractivity contribution is 7.83. The highest BCUT2D eigenvalue weighted by Crippen LogP contribution is 1.70. The molecule has 0 bridgehead atoms. The van der Waals surface area contributed by atoms with Crippen LogP contribution in [0, 0.1) is 0 Å². The molecule has 0 amide bonds. The van der Waals surface area contributed by atoms with Gasteiger partial charge in [0.05, 0.1) is 6.61 Å². The van der Waals surface area contributed by atoms with E-state index >= 15 is 0 Å². The van der Waals surface area contributed by atoms with Crippen LogP contribution in [0.5, 0.6) is 0 Å². The Bertz CT molecular complexity index is 151. The SMILES string of the molecule is COCCNS(=O)(=O)[O-]. The average molecular weight is 154 g/mol. The first kappa shape index (κ1) is 8.83. The Kier molecular flexibility index (Phi) is 3.71. The van der Waals surface area contributed by atoms with Crippen molar-refractivity contribution in [2.24, 2.45) is 0 Å². The van der Waals surface area contributed by atoms with Crippen LogP contribution in [-0.2, 0) is 15.0 Å². The number of hydrogen-bond donors (Lipinski definition) is 1. The Morgan fingerprint density at radius 2 is 2.22 bits per heavy atom. The van der Waals surface area contributed by atoms with Crippen LogP contribution in [0.1, 0.15) is 0 Å². The van der Waals surface area contributed by atoms with Gasteiger partial charge in [-0.15, -0.1) is 0 Å². The van der Waals surface area contributed by atoms with E-state index in [9.17, 15) is 13.0 Å². The van der Waals surface area contributed by atoms with Gasteiger partial charge in [-0.05, 0) is 0 Å². The lowest BCUT2D eigenvalue weighted by Crippen LogP contribution is -2.26. The van der Waals surface area contributed by atoms with Gasteiger partial charge in [-0.3, -0.25) is 0 Å². The van der Waals surface area contributed by atoms with Crippen LogP contribution in [-0.4, -0.2) is 33.2 Å². The molecular weight excluding hydrogens is 146 g/mol. The van der Waals surface area contributed by atoms with Crippen molar-refractivity contribution in [3.8, 4) is 0 Å². The molecule has 0 unspecified atom stereocenters. The van der Waals surface area contributed by atoms with Gasteiger partial charge in [-0.1, -0.05) is 0 Å². The maximum absolute atomic E-state index is 9.78. The Balaban J connectivity index is 3.30. The van der Waals surface area contributed by atoms with Gasteiger partial charge in [-0.2, -0.15) is 0 Å². The smallest absolute Gasteiger partial charge is 0.159 e. The molecule has 0 spiro atoms. The standard InChI is InChI=1S/C3H9NO4S/c1-8-3-2-4-9(5,6)7/h4H,2-3H2,1H3,(H,5,6,7)/p-1. The second-order valence-electron chi connectivity index (χ2n) is 1.34. The third-order valence-corrected chi connectivity index (χ3v) is 1.14. The Labute approximate surface area is 53.9 Å². The largest absolute Gasteiger partial charge is 0.735 e. The van der Waals surface area contributed by atoms with Gasteiger partial charge in [0, 0.05) is 13.7 Å². The lowest BCUT2D eigenvalue weighted by molar-refractivity contribution is 0.203. The van der Waals surface area contributed by atoms with Crippen LogP contribution >= 0.6 is 0 Å². The summed E-state index contributed by atoms with van der Waals surface area (Å²) in [6.45, 7) is 0.240. The van der Waals surface area contributed by atoms with Crippen molar-refractivity contribution < 1.29 is 17.7 Å². The molecule has 5 nitrogen and oxygen atoms in total. The molecule has 0 aromatic carbocycles. The summed E-state index contributed by atoms with van der Waals surface area (Å²) in [5.41, 5.74) is 0. The summed E-state index contributed by atoms with van der Waals surface area (Å²) in [7, 11) is -2.86. The molecule has 0 saturated heterocycles. The molecule has 0 radical (unpaired) electrons. The van der Waals surface area contributed by atoms with Crippen molar-refractivity contribution in [1.82, 2.24) is 4.72 Å². The fourth-order valence-electron chi connectivity index (χ4n) is 0.269. The minimum Gasteiger partial charge on any atom is -0.735 e. The second kappa shape index (κ2) is 3.78.